The zero-order valence-corrected chi connectivity index (χ0v) is 18.0. The van der Waals surface area contributed by atoms with Crippen LogP contribution in [0.25, 0.3) is 5.76 Å². The molecule has 1 N–H and O–H groups in total. The summed E-state index contributed by atoms with van der Waals surface area (Å²) in [5.41, 5.74) is -0.336. The Labute approximate surface area is 188 Å². The fourth-order valence-corrected chi connectivity index (χ4v) is 3.74. The summed E-state index contributed by atoms with van der Waals surface area (Å²) in [6.07, 6.45) is 0.780. The lowest BCUT2D eigenvalue weighted by Crippen LogP contribution is -2.30. The largest absolute Gasteiger partial charge is 0.507 e. The van der Waals surface area contributed by atoms with E-state index in [4.69, 9.17) is 9.15 Å². The molecule has 1 unspecified atom stereocenters. The van der Waals surface area contributed by atoms with Gasteiger partial charge in [0.25, 0.3) is 11.7 Å². The number of furan rings is 1. The molecule has 2 heterocycles. The Morgan fingerprint density at radius 1 is 1.12 bits per heavy atom. The fourth-order valence-electron chi connectivity index (χ4n) is 3.74. The maximum absolute atomic E-state index is 14.6. The molecular weight excluding hydrogens is 432 g/mol. The number of hydrogen-bond donors (Lipinski definition) is 1. The lowest BCUT2D eigenvalue weighted by Gasteiger charge is -2.23. The molecule has 4 rings (SSSR count). The zero-order valence-electron chi connectivity index (χ0n) is 18.0. The summed E-state index contributed by atoms with van der Waals surface area (Å²) < 4.78 is 39.4. The standard InChI is InChI=1S/C25H21F2NO5/c1-3-11-32-17-6-4-5-15(12-17)23(29)21-22(20-10-7-14(2)33-20)28(25(31)24(21)30)19-9-8-16(26)13-18(19)27/h4-10,12-13,22,29H,3,11H2,1-2H3/b23-21-. The minimum absolute atomic E-state index is 0.148. The summed E-state index contributed by atoms with van der Waals surface area (Å²) >= 11 is 0. The summed E-state index contributed by atoms with van der Waals surface area (Å²) in [7, 11) is 0. The van der Waals surface area contributed by atoms with Gasteiger partial charge in [0.15, 0.2) is 0 Å². The molecule has 6 nitrogen and oxygen atoms in total. The van der Waals surface area contributed by atoms with Crippen LogP contribution in [0, 0.1) is 18.6 Å². The highest BCUT2D eigenvalue weighted by atomic mass is 19.1. The van der Waals surface area contributed by atoms with Crippen molar-refractivity contribution in [2.24, 2.45) is 0 Å². The first-order valence-corrected chi connectivity index (χ1v) is 10.4. The van der Waals surface area contributed by atoms with E-state index < -0.39 is 35.1 Å². The van der Waals surface area contributed by atoms with Crippen molar-refractivity contribution in [3.63, 3.8) is 0 Å². The lowest BCUT2D eigenvalue weighted by molar-refractivity contribution is -0.132. The second kappa shape index (κ2) is 8.90. The van der Waals surface area contributed by atoms with E-state index in [9.17, 15) is 23.5 Å². The molecule has 33 heavy (non-hydrogen) atoms. The fraction of sp³-hybridized carbons (Fsp3) is 0.200. The number of halogens is 2. The molecule has 170 valence electrons. The molecule has 0 bridgehead atoms. The first-order valence-electron chi connectivity index (χ1n) is 10.4. The lowest BCUT2D eigenvalue weighted by atomic mass is 9.99. The average molecular weight is 453 g/mol. The van der Waals surface area contributed by atoms with Crippen molar-refractivity contribution >= 4 is 23.1 Å². The van der Waals surface area contributed by atoms with Gasteiger partial charge in [0, 0.05) is 11.6 Å². The summed E-state index contributed by atoms with van der Waals surface area (Å²) in [5.74, 6) is -3.29. The van der Waals surface area contributed by atoms with Gasteiger partial charge < -0.3 is 14.3 Å². The molecule has 1 aliphatic rings. The number of carbonyl (C=O) groups excluding carboxylic acids is 2. The number of nitrogens with zero attached hydrogens (tertiary/aromatic N) is 1. The SMILES string of the molecule is CCCOc1cccc(/C(O)=C2/C(=O)C(=O)N(c3ccc(F)cc3F)C2c2ccc(C)o2)c1. The van der Waals surface area contributed by atoms with Gasteiger partial charge >= 0.3 is 0 Å². The quantitative estimate of drug-likeness (QED) is 0.312. The van der Waals surface area contributed by atoms with Crippen LogP contribution in [0.15, 0.2) is 64.6 Å². The molecule has 1 amide bonds. The Balaban J connectivity index is 1.89. The van der Waals surface area contributed by atoms with Crippen LogP contribution in [-0.2, 0) is 9.59 Å². The van der Waals surface area contributed by atoms with Gasteiger partial charge in [-0.3, -0.25) is 14.5 Å². The predicted molar refractivity (Wildman–Crippen MR) is 117 cm³/mol. The molecule has 2 aromatic carbocycles. The van der Waals surface area contributed by atoms with E-state index in [0.29, 0.717) is 24.2 Å². The van der Waals surface area contributed by atoms with Gasteiger partial charge in [0.05, 0.1) is 17.9 Å². The predicted octanol–water partition coefficient (Wildman–Crippen LogP) is 5.28. The third kappa shape index (κ3) is 4.11. The van der Waals surface area contributed by atoms with Crippen molar-refractivity contribution in [2.75, 3.05) is 11.5 Å². The van der Waals surface area contributed by atoms with E-state index in [1.54, 1.807) is 37.3 Å². The van der Waals surface area contributed by atoms with E-state index in [-0.39, 0.29) is 22.6 Å². The molecule has 8 heteroatoms. The van der Waals surface area contributed by atoms with Gasteiger partial charge in [-0.25, -0.2) is 8.78 Å². The molecule has 0 radical (unpaired) electrons. The number of amides is 1. The minimum atomic E-state index is -1.25. The number of aliphatic hydroxyl groups excluding tert-OH is 1. The monoisotopic (exact) mass is 453 g/mol. The topological polar surface area (TPSA) is 80.0 Å². The number of hydrogen-bond acceptors (Lipinski definition) is 5. The van der Waals surface area contributed by atoms with Crippen LogP contribution in [0.1, 0.15) is 36.5 Å². The molecule has 1 aliphatic heterocycles. The number of anilines is 1. The van der Waals surface area contributed by atoms with E-state index in [2.05, 4.69) is 0 Å². The maximum atomic E-state index is 14.6. The molecule has 0 aliphatic carbocycles. The second-order valence-electron chi connectivity index (χ2n) is 7.59. The van der Waals surface area contributed by atoms with Gasteiger partial charge in [-0.05, 0) is 49.7 Å². The van der Waals surface area contributed by atoms with E-state index in [1.807, 2.05) is 6.92 Å². The molecule has 1 saturated heterocycles. The first kappa shape index (κ1) is 22.3. The van der Waals surface area contributed by atoms with Crippen molar-refractivity contribution < 1.29 is 32.6 Å². The van der Waals surface area contributed by atoms with Crippen molar-refractivity contribution in [3.8, 4) is 5.75 Å². The Hall–Kier alpha value is -3.94. The molecule has 1 aromatic heterocycles. The van der Waals surface area contributed by atoms with Crippen molar-refractivity contribution in [3.05, 3.63) is 88.9 Å². The van der Waals surface area contributed by atoms with Crippen LogP contribution >= 0.6 is 0 Å². The van der Waals surface area contributed by atoms with Gasteiger partial charge in [-0.2, -0.15) is 0 Å². The molecule has 1 fully saturated rings. The number of benzene rings is 2. The van der Waals surface area contributed by atoms with E-state index in [0.717, 1.165) is 23.5 Å². The number of ketones is 1. The van der Waals surface area contributed by atoms with Crippen LogP contribution in [0.5, 0.6) is 5.75 Å². The Bertz CT molecular complexity index is 1260. The van der Waals surface area contributed by atoms with Gasteiger partial charge in [-0.15, -0.1) is 0 Å². The molecule has 3 aromatic rings. The summed E-state index contributed by atoms with van der Waals surface area (Å²) in [6, 6.07) is 11.0. The Morgan fingerprint density at radius 2 is 1.91 bits per heavy atom. The first-order chi connectivity index (χ1) is 15.8. The number of ether oxygens (including phenoxy) is 1. The highest BCUT2D eigenvalue weighted by Crippen LogP contribution is 2.43. The third-order valence-electron chi connectivity index (χ3n) is 5.22. The maximum Gasteiger partial charge on any atom is 0.300 e. The summed E-state index contributed by atoms with van der Waals surface area (Å²) in [4.78, 5) is 26.9. The van der Waals surface area contributed by atoms with Crippen LogP contribution in [-0.4, -0.2) is 23.4 Å². The number of aryl methyl sites for hydroxylation is 1. The van der Waals surface area contributed by atoms with Gasteiger partial charge in [0.1, 0.15) is 40.7 Å². The van der Waals surface area contributed by atoms with Crippen molar-refractivity contribution in [1.29, 1.82) is 0 Å². The van der Waals surface area contributed by atoms with Gasteiger partial charge in [-0.1, -0.05) is 19.1 Å². The number of aliphatic hydroxyl groups is 1. The normalized spacial score (nSPS) is 17.6. The number of Topliss-reactive ketones (excluding diaryl/α,β-unsaturated/α-hetero) is 1. The number of carbonyl (C=O) groups is 2. The van der Waals surface area contributed by atoms with E-state index in [1.165, 1.54) is 6.07 Å². The van der Waals surface area contributed by atoms with Crippen LogP contribution in [0.4, 0.5) is 14.5 Å². The molecule has 0 saturated carbocycles. The second-order valence-corrected chi connectivity index (χ2v) is 7.59. The summed E-state index contributed by atoms with van der Waals surface area (Å²) in [5, 5.41) is 11.1. The highest BCUT2D eigenvalue weighted by molar-refractivity contribution is 6.51. The van der Waals surface area contributed by atoms with Crippen LogP contribution in [0.2, 0.25) is 0 Å². The molecular formula is C25H21F2NO5. The number of rotatable bonds is 6. The Kier molecular flexibility index (Phi) is 6.00. The van der Waals surface area contributed by atoms with Crippen molar-refractivity contribution in [1.82, 2.24) is 0 Å². The summed E-state index contributed by atoms with van der Waals surface area (Å²) in [6.45, 7) is 4.08. The third-order valence-corrected chi connectivity index (χ3v) is 5.22. The molecule has 1 atom stereocenters. The zero-order chi connectivity index (χ0) is 23.7. The van der Waals surface area contributed by atoms with Crippen LogP contribution < -0.4 is 9.64 Å². The smallest absolute Gasteiger partial charge is 0.300 e. The molecule has 0 spiro atoms. The highest BCUT2D eigenvalue weighted by Gasteiger charge is 2.49. The van der Waals surface area contributed by atoms with E-state index >= 15 is 0 Å². The van der Waals surface area contributed by atoms with Gasteiger partial charge in [0.2, 0.25) is 0 Å². The average Bonchev–Trinajstić information content (AvgIpc) is 3.33. The van der Waals surface area contributed by atoms with Crippen LogP contribution in [0.3, 0.4) is 0 Å². The minimum Gasteiger partial charge on any atom is -0.507 e. The Morgan fingerprint density at radius 3 is 2.58 bits per heavy atom. The van der Waals surface area contributed by atoms with Crippen molar-refractivity contribution in [2.45, 2.75) is 26.3 Å².